The van der Waals surface area contributed by atoms with E-state index in [0.717, 1.165) is 31.2 Å². The molecule has 3 atom stereocenters. The molecule has 1 amide bonds. The Labute approximate surface area is 84.6 Å². The first kappa shape index (κ1) is 8.72. The molecule has 78 valence electrons. The van der Waals surface area contributed by atoms with Gasteiger partial charge in [0.2, 0.25) is 5.91 Å². The van der Waals surface area contributed by atoms with Crippen LogP contribution in [-0.4, -0.2) is 24.5 Å². The first-order valence-corrected chi connectivity index (χ1v) is 5.88. The molecule has 0 spiro atoms. The Morgan fingerprint density at radius 1 is 1.29 bits per heavy atom. The third-order valence-electron chi connectivity index (χ3n) is 3.77. The molecule has 2 aliphatic carbocycles. The van der Waals surface area contributed by atoms with Gasteiger partial charge in [-0.05, 0) is 50.5 Å². The summed E-state index contributed by atoms with van der Waals surface area (Å²) < 4.78 is 0. The minimum absolute atomic E-state index is 0.107. The van der Waals surface area contributed by atoms with Crippen LogP contribution >= 0.6 is 0 Å². The van der Waals surface area contributed by atoms with Crippen molar-refractivity contribution in [2.24, 2.45) is 11.8 Å². The molecule has 0 radical (unpaired) electrons. The summed E-state index contributed by atoms with van der Waals surface area (Å²) in [4.78, 5) is 11.7. The second-order valence-corrected chi connectivity index (χ2v) is 5.00. The monoisotopic (exact) mass is 194 g/mol. The molecule has 3 unspecified atom stereocenters. The molecule has 3 heteroatoms. The average molecular weight is 194 g/mol. The fraction of sp³-hybridized carbons (Fsp3) is 0.909. The standard InChI is InChI=1S/C11H18N2O/c14-11(9-2-1-5-12-9)13-10-6-8(10)7-3-4-7/h7-10,12H,1-6H2,(H,13,14). The second-order valence-electron chi connectivity index (χ2n) is 5.00. The summed E-state index contributed by atoms with van der Waals surface area (Å²) in [5, 5.41) is 6.40. The summed E-state index contributed by atoms with van der Waals surface area (Å²) in [6.45, 7) is 1.01. The maximum absolute atomic E-state index is 11.7. The van der Waals surface area contributed by atoms with E-state index in [0.29, 0.717) is 6.04 Å². The van der Waals surface area contributed by atoms with Crippen LogP contribution in [0.15, 0.2) is 0 Å². The summed E-state index contributed by atoms with van der Waals surface area (Å²) in [7, 11) is 0. The fourth-order valence-electron chi connectivity index (χ4n) is 2.62. The SMILES string of the molecule is O=C(NC1CC1C1CC1)C1CCCN1. The maximum Gasteiger partial charge on any atom is 0.237 e. The minimum atomic E-state index is 0.107. The molecule has 3 aliphatic rings. The highest BCUT2D eigenvalue weighted by molar-refractivity contribution is 5.82. The van der Waals surface area contributed by atoms with Crippen molar-refractivity contribution in [2.45, 2.75) is 44.2 Å². The highest BCUT2D eigenvalue weighted by Crippen LogP contribution is 2.49. The second kappa shape index (κ2) is 3.23. The summed E-state index contributed by atoms with van der Waals surface area (Å²) in [5.41, 5.74) is 0. The molecule has 3 fully saturated rings. The van der Waals surface area contributed by atoms with Gasteiger partial charge in [0.25, 0.3) is 0 Å². The van der Waals surface area contributed by atoms with Crippen LogP contribution in [0.4, 0.5) is 0 Å². The first-order chi connectivity index (χ1) is 6.84. The van der Waals surface area contributed by atoms with Gasteiger partial charge in [-0.2, -0.15) is 0 Å². The van der Waals surface area contributed by atoms with Crippen molar-refractivity contribution >= 4 is 5.91 Å². The molecular weight excluding hydrogens is 176 g/mol. The van der Waals surface area contributed by atoms with Gasteiger partial charge in [0.15, 0.2) is 0 Å². The van der Waals surface area contributed by atoms with E-state index < -0.39 is 0 Å². The average Bonchev–Trinajstić information content (AvgIpc) is 3.06. The summed E-state index contributed by atoms with van der Waals surface area (Å²) >= 11 is 0. The smallest absolute Gasteiger partial charge is 0.237 e. The van der Waals surface area contributed by atoms with Crippen molar-refractivity contribution in [3.05, 3.63) is 0 Å². The Morgan fingerprint density at radius 3 is 2.79 bits per heavy atom. The van der Waals surface area contributed by atoms with Gasteiger partial charge in [-0.25, -0.2) is 0 Å². The summed E-state index contributed by atoms with van der Waals surface area (Å²) in [5.74, 6) is 2.04. The highest BCUT2D eigenvalue weighted by atomic mass is 16.2. The summed E-state index contributed by atoms with van der Waals surface area (Å²) in [6.07, 6.45) is 6.21. The fourth-order valence-corrected chi connectivity index (χ4v) is 2.62. The molecule has 2 saturated carbocycles. The maximum atomic E-state index is 11.7. The number of carbonyl (C=O) groups excluding carboxylic acids is 1. The lowest BCUT2D eigenvalue weighted by Crippen LogP contribution is -2.41. The molecule has 1 saturated heterocycles. The van der Waals surface area contributed by atoms with Crippen molar-refractivity contribution in [3.8, 4) is 0 Å². The van der Waals surface area contributed by atoms with Crippen molar-refractivity contribution in [1.29, 1.82) is 0 Å². The van der Waals surface area contributed by atoms with Gasteiger partial charge >= 0.3 is 0 Å². The minimum Gasteiger partial charge on any atom is -0.352 e. The van der Waals surface area contributed by atoms with Gasteiger partial charge in [-0.15, -0.1) is 0 Å². The largest absolute Gasteiger partial charge is 0.352 e. The van der Waals surface area contributed by atoms with Gasteiger partial charge in [0, 0.05) is 6.04 Å². The molecule has 0 aromatic carbocycles. The van der Waals surface area contributed by atoms with Gasteiger partial charge < -0.3 is 10.6 Å². The lowest BCUT2D eigenvalue weighted by molar-refractivity contribution is -0.123. The van der Waals surface area contributed by atoms with E-state index >= 15 is 0 Å². The predicted octanol–water partition coefficient (Wildman–Crippen LogP) is 0.653. The molecule has 3 nitrogen and oxygen atoms in total. The first-order valence-electron chi connectivity index (χ1n) is 5.88. The number of rotatable bonds is 3. The third kappa shape index (κ3) is 1.65. The van der Waals surface area contributed by atoms with Crippen LogP contribution in [0.2, 0.25) is 0 Å². The zero-order valence-electron chi connectivity index (χ0n) is 8.46. The van der Waals surface area contributed by atoms with Crippen LogP contribution in [0, 0.1) is 11.8 Å². The molecular formula is C11H18N2O. The van der Waals surface area contributed by atoms with E-state index in [1.54, 1.807) is 0 Å². The lowest BCUT2D eigenvalue weighted by Gasteiger charge is -2.10. The lowest BCUT2D eigenvalue weighted by atomic mass is 10.2. The van der Waals surface area contributed by atoms with E-state index in [9.17, 15) is 4.79 Å². The number of hydrogen-bond donors (Lipinski definition) is 2. The molecule has 14 heavy (non-hydrogen) atoms. The Bertz CT molecular complexity index is 244. The zero-order chi connectivity index (χ0) is 9.54. The van der Waals surface area contributed by atoms with Crippen LogP contribution in [0.1, 0.15) is 32.1 Å². The molecule has 0 aromatic rings. The number of amides is 1. The van der Waals surface area contributed by atoms with Crippen LogP contribution in [-0.2, 0) is 4.79 Å². The van der Waals surface area contributed by atoms with Crippen molar-refractivity contribution in [3.63, 3.8) is 0 Å². The number of nitrogens with one attached hydrogen (secondary N) is 2. The van der Waals surface area contributed by atoms with Crippen LogP contribution in [0.5, 0.6) is 0 Å². The zero-order valence-corrected chi connectivity index (χ0v) is 8.46. The Hall–Kier alpha value is -0.570. The van der Waals surface area contributed by atoms with Crippen LogP contribution < -0.4 is 10.6 Å². The van der Waals surface area contributed by atoms with Gasteiger partial charge in [0.05, 0.1) is 6.04 Å². The van der Waals surface area contributed by atoms with Gasteiger partial charge in [-0.1, -0.05) is 0 Å². The Kier molecular flexibility index (Phi) is 2.01. The molecule has 0 bridgehead atoms. The topological polar surface area (TPSA) is 41.1 Å². The quantitative estimate of drug-likeness (QED) is 0.692. The molecule has 3 rings (SSSR count). The Morgan fingerprint density at radius 2 is 2.14 bits per heavy atom. The highest BCUT2D eigenvalue weighted by Gasteiger charge is 2.48. The van der Waals surface area contributed by atoms with E-state index in [-0.39, 0.29) is 11.9 Å². The van der Waals surface area contributed by atoms with Gasteiger partial charge in [0.1, 0.15) is 0 Å². The van der Waals surface area contributed by atoms with Crippen molar-refractivity contribution < 1.29 is 4.79 Å². The normalized spacial score (nSPS) is 41.0. The van der Waals surface area contributed by atoms with Gasteiger partial charge in [-0.3, -0.25) is 4.79 Å². The molecule has 0 aromatic heterocycles. The number of carbonyl (C=O) groups is 1. The van der Waals surface area contributed by atoms with Crippen LogP contribution in [0.3, 0.4) is 0 Å². The van der Waals surface area contributed by atoms with Crippen LogP contribution in [0.25, 0.3) is 0 Å². The Balaban J connectivity index is 1.45. The van der Waals surface area contributed by atoms with E-state index in [1.807, 2.05) is 0 Å². The predicted molar refractivity (Wildman–Crippen MR) is 53.8 cm³/mol. The molecule has 1 heterocycles. The van der Waals surface area contributed by atoms with E-state index in [1.165, 1.54) is 19.3 Å². The third-order valence-corrected chi connectivity index (χ3v) is 3.77. The van der Waals surface area contributed by atoms with Crippen molar-refractivity contribution in [2.75, 3.05) is 6.54 Å². The molecule has 1 aliphatic heterocycles. The molecule has 2 N–H and O–H groups in total. The van der Waals surface area contributed by atoms with E-state index in [4.69, 9.17) is 0 Å². The summed E-state index contributed by atoms with van der Waals surface area (Å²) in [6, 6.07) is 0.632. The van der Waals surface area contributed by atoms with E-state index in [2.05, 4.69) is 10.6 Å². The number of hydrogen-bond acceptors (Lipinski definition) is 2. The van der Waals surface area contributed by atoms with Crippen molar-refractivity contribution in [1.82, 2.24) is 10.6 Å².